The van der Waals surface area contributed by atoms with Crippen molar-refractivity contribution in [2.24, 2.45) is 5.41 Å². The Bertz CT molecular complexity index is 1230. The van der Waals surface area contributed by atoms with E-state index in [1.54, 1.807) is 42.3 Å². The Hall–Kier alpha value is -3.70. The maximum Gasteiger partial charge on any atom is 0.329 e. The molecule has 2 amide bonds. The van der Waals surface area contributed by atoms with Crippen LogP contribution in [0.1, 0.15) is 16.7 Å². The third kappa shape index (κ3) is 1.82. The number of para-hydroxylation sites is 1. The molecule has 3 heterocycles. The number of carbonyl (C=O) groups excluding carboxylic acids is 3. The van der Waals surface area contributed by atoms with Gasteiger partial charge >= 0.3 is 5.97 Å². The predicted molar refractivity (Wildman–Crippen MR) is 111 cm³/mol. The average molecular weight is 416 g/mol. The number of methoxy groups -OCH3 is 1. The monoisotopic (exact) mass is 416 g/mol. The molecule has 0 aromatic heterocycles. The van der Waals surface area contributed by atoms with Crippen LogP contribution >= 0.6 is 0 Å². The minimum Gasteiger partial charge on any atom is -0.468 e. The Kier molecular flexibility index (Phi) is 3.68. The number of carbonyl (C=O) groups is 3. The minimum atomic E-state index is -1.95. The molecule has 31 heavy (non-hydrogen) atoms. The Labute approximate surface area is 178 Å². The summed E-state index contributed by atoms with van der Waals surface area (Å²) >= 11 is 0. The third-order valence-corrected chi connectivity index (χ3v) is 7.02. The van der Waals surface area contributed by atoms with Crippen molar-refractivity contribution in [1.82, 2.24) is 4.90 Å². The van der Waals surface area contributed by atoms with Gasteiger partial charge in [-0.1, -0.05) is 35.9 Å². The van der Waals surface area contributed by atoms with Gasteiger partial charge in [-0.25, -0.2) is 0 Å². The molecule has 0 saturated carbocycles. The number of aryl methyl sites for hydroxylation is 1. The number of likely N-dealkylation sites (tertiary alicyclic amines) is 1. The van der Waals surface area contributed by atoms with Crippen molar-refractivity contribution in [2.45, 2.75) is 17.9 Å². The van der Waals surface area contributed by atoms with Gasteiger partial charge in [0.2, 0.25) is 5.91 Å². The number of amides is 2. The highest BCUT2D eigenvalue weighted by atomic mass is 16.5. The van der Waals surface area contributed by atoms with E-state index in [4.69, 9.17) is 4.74 Å². The molecule has 3 atom stereocenters. The number of hydrogen-bond acceptors (Lipinski definition) is 6. The molecule has 2 spiro atoms. The van der Waals surface area contributed by atoms with Crippen molar-refractivity contribution in [3.05, 3.63) is 59.2 Å². The molecule has 1 fully saturated rings. The van der Waals surface area contributed by atoms with Crippen molar-refractivity contribution in [3.63, 3.8) is 0 Å². The molecule has 3 aliphatic heterocycles. The zero-order chi connectivity index (χ0) is 22.2. The zero-order valence-electron chi connectivity index (χ0n) is 17.3. The van der Waals surface area contributed by atoms with Gasteiger partial charge in [-0.2, -0.15) is 5.26 Å². The maximum atomic E-state index is 13.9. The summed E-state index contributed by atoms with van der Waals surface area (Å²) in [7, 11) is 2.85. The molecular formula is C23H20N4O4. The number of nitrogens with one attached hydrogen (secondary N) is 2. The van der Waals surface area contributed by atoms with E-state index in [2.05, 4.69) is 16.7 Å². The normalized spacial score (nSPS) is 30.6. The highest BCUT2D eigenvalue weighted by Crippen LogP contribution is 2.67. The van der Waals surface area contributed by atoms with Gasteiger partial charge in [0.15, 0.2) is 5.41 Å². The van der Waals surface area contributed by atoms with Crippen LogP contribution in [0.2, 0.25) is 0 Å². The Morgan fingerprint density at radius 3 is 2.48 bits per heavy atom. The first-order valence-corrected chi connectivity index (χ1v) is 9.85. The highest BCUT2D eigenvalue weighted by molar-refractivity contribution is 6.20. The van der Waals surface area contributed by atoms with Crippen LogP contribution in [0.25, 0.3) is 0 Å². The summed E-state index contributed by atoms with van der Waals surface area (Å²) in [5, 5.41) is 16.2. The van der Waals surface area contributed by atoms with E-state index in [9.17, 15) is 19.6 Å². The molecule has 2 aromatic carbocycles. The molecule has 0 radical (unpaired) electrons. The van der Waals surface area contributed by atoms with E-state index in [0.717, 1.165) is 5.56 Å². The van der Waals surface area contributed by atoms with Crippen LogP contribution in [-0.4, -0.2) is 43.4 Å². The van der Waals surface area contributed by atoms with Crippen LogP contribution in [0.3, 0.4) is 0 Å². The van der Waals surface area contributed by atoms with Crippen molar-refractivity contribution in [1.29, 1.82) is 5.26 Å². The van der Waals surface area contributed by atoms with Gasteiger partial charge in [0.25, 0.3) is 5.91 Å². The molecule has 8 heteroatoms. The fourth-order valence-corrected chi connectivity index (χ4v) is 5.94. The molecule has 1 saturated heterocycles. The fraction of sp³-hybridized carbons (Fsp3) is 0.304. The van der Waals surface area contributed by atoms with Crippen LogP contribution in [0, 0.1) is 23.7 Å². The summed E-state index contributed by atoms with van der Waals surface area (Å²) < 4.78 is 5.08. The second-order valence-corrected chi connectivity index (χ2v) is 8.33. The molecule has 0 bridgehead atoms. The summed E-state index contributed by atoms with van der Waals surface area (Å²) in [6.07, 6.45) is 0. The second kappa shape index (κ2) is 5.93. The lowest BCUT2D eigenvalue weighted by Crippen LogP contribution is -2.65. The number of benzene rings is 2. The van der Waals surface area contributed by atoms with Gasteiger partial charge in [0.05, 0.1) is 13.2 Å². The zero-order valence-corrected chi connectivity index (χ0v) is 17.3. The topological polar surface area (TPSA) is 112 Å². The molecule has 3 aliphatic rings. The highest BCUT2D eigenvalue weighted by Gasteiger charge is 2.84. The number of likely N-dealkylation sites (N-methyl/N-ethyl adjacent to an activating group) is 1. The summed E-state index contributed by atoms with van der Waals surface area (Å²) in [5.41, 5.74) is -2.51. The lowest BCUT2D eigenvalue weighted by atomic mass is 9.53. The number of nitriles is 1. The standard InChI is InChI=1S/C23H20N4O4/c1-13-8-9-17-15(10-13)23(19(29)26-17)22(14-6-4-5-7-16(14)25-18(22)28)21(11-24,12-27(23)2)20(30)31-3/h4-10H,12H2,1-3H3,(H,25,28)(H,26,29)/t21-,22-,23-/m1/s1. The summed E-state index contributed by atoms with van der Waals surface area (Å²) in [4.78, 5) is 42.7. The van der Waals surface area contributed by atoms with E-state index >= 15 is 0 Å². The summed E-state index contributed by atoms with van der Waals surface area (Å²) in [5.74, 6) is -1.88. The number of esters is 1. The van der Waals surface area contributed by atoms with E-state index in [0.29, 0.717) is 22.5 Å². The Morgan fingerprint density at radius 1 is 1.10 bits per heavy atom. The predicted octanol–water partition coefficient (Wildman–Crippen LogP) is 1.66. The van der Waals surface area contributed by atoms with Crippen molar-refractivity contribution < 1.29 is 19.1 Å². The number of anilines is 2. The number of ether oxygens (including phenoxy) is 1. The van der Waals surface area contributed by atoms with Crippen LogP contribution in [0.5, 0.6) is 0 Å². The van der Waals surface area contributed by atoms with Crippen molar-refractivity contribution in [2.75, 3.05) is 31.3 Å². The van der Waals surface area contributed by atoms with Crippen LogP contribution in [0.4, 0.5) is 11.4 Å². The minimum absolute atomic E-state index is 0.154. The number of hydrogen-bond donors (Lipinski definition) is 2. The van der Waals surface area contributed by atoms with Gasteiger partial charge in [-0.15, -0.1) is 0 Å². The first-order chi connectivity index (χ1) is 14.8. The van der Waals surface area contributed by atoms with E-state index in [-0.39, 0.29) is 6.54 Å². The molecule has 8 nitrogen and oxygen atoms in total. The van der Waals surface area contributed by atoms with Crippen LogP contribution in [-0.2, 0) is 30.1 Å². The van der Waals surface area contributed by atoms with Gasteiger partial charge in [0, 0.05) is 23.5 Å². The molecule has 156 valence electrons. The van der Waals surface area contributed by atoms with Crippen molar-refractivity contribution in [3.8, 4) is 6.07 Å². The first kappa shape index (κ1) is 19.3. The molecule has 2 N–H and O–H groups in total. The maximum absolute atomic E-state index is 13.9. The van der Waals surface area contributed by atoms with E-state index < -0.39 is 34.2 Å². The van der Waals surface area contributed by atoms with Crippen molar-refractivity contribution >= 4 is 29.2 Å². The van der Waals surface area contributed by atoms with Gasteiger partial charge in [0.1, 0.15) is 11.0 Å². The lowest BCUT2D eigenvalue weighted by Gasteiger charge is -2.44. The van der Waals surface area contributed by atoms with Gasteiger partial charge in [-0.05, 0) is 31.7 Å². The van der Waals surface area contributed by atoms with Crippen LogP contribution in [0.15, 0.2) is 42.5 Å². The summed E-state index contributed by atoms with van der Waals surface area (Å²) in [6, 6.07) is 14.5. The second-order valence-electron chi connectivity index (χ2n) is 8.33. The Morgan fingerprint density at radius 2 is 1.77 bits per heavy atom. The summed E-state index contributed by atoms with van der Waals surface area (Å²) in [6.45, 7) is 1.73. The largest absolute Gasteiger partial charge is 0.468 e. The fourth-order valence-electron chi connectivity index (χ4n) is 5.94. The van der Waals surface area contributed by atoms with E-state index in [1.165, 1.54) is 7.11 Å². The smallest absolute Gasteiger partial charge is 0.329 e. The number of nitrogens with zero attached hydrogens (tertiary/aromatic N) is 2. The number of rotatable bonds is 1. The molecule has 0 unspecified atom stereocenters. The van der Waals surface area contributed by atoms with Crippen LogP contribution < -0.4 is 10.6 Å². The molecule has 0 aliphatic carbocycles. The Balaban J connectivity index is 2.00. The third-order valence-electron chi connectivity index (χ3n) is 7.02. The van der Waals surface area contributed by atoms with Gasteiger partial charge < -0.3 is 15.4 Å². The lowest BCUT2D eigenvalue weighted by molar-refractivity contribution is -0.156. The number of fused-ring (bicyclic) bond motifs is 5. The van der Waals surface area contributed by atoms with E-state index in [1.807, 2.05) is 19.1 Å². The molecular weight excluding hydrogens is 396 g/mol. The average Bonchev–Trinajstić information content (AvgIpc) is 3.31. The molecule has 5 rings (SSSR count). The quantitative estimate of drug-likeness (QED) is 0.684. The van der Waals surface area contributed by atoms with Gasteiger partial charge in [-0.3, -0.25) is 19.3 Å². The first-order valence-electron chi connectivity index (χ1n) is 9.85. The molecule has 2 aromatic rings. The SMILES string of the molecule is COC(=O)[C@@]1(C#N)CN(C)[C@]2(C(=O)Nc3ccc(C)cc32)[C@]12C(=O)Nc1ccccc12.